The molecule has 2 heterocycles. The number of Topliss-reactive ketones (excluding diaryl/α,β-unsaturated/α-hetero) is 1. The van der Waals surface area contributed by atoms with Gasteiger partial charge < -0.3 is 9.73 Å². The number of anilines is 1. The summed E-state index contributed by atoms with van der Waals surface area (Å²) in [7, 11) is 0. The zero-order chi connectivity index (χ0) is 22.9. The predicted octanol–water partition coefficient (Wildman–Crippen LogP) is 5.53. The predicted molar refractivity (Wildman–Crippen MR) is 127 cm³/mol. The van der Waals surface area contributed by atoms with Crippen molar-refractivity contribution in [1.29, 1.82) is 0 Å². The Kier molecular flexibility index (Phi) is 8.44. The van der Waals surface area contributed by atoms with Gasteiger partial charge in [-0.25, -0.2) is 0 Å². The molecule has 0 atom stereocenters. The number of unbranched alkanes of at least 4 members (excludes halogenated alkanes) is 2. The Morgan fingerprint density at radius 3 is 2.62 bits per heavy atom. The lowest BCUT2D eigenvalue weighted by atomic mass is 10.1. The van der Waals surface area contributed by atoms with E-state index in [9.17, 15) is 9.59 Å². The Bertz CT molecular complexity index is 1070. The molecule has 3 rings (SSSR count). The van der Waals surface area contributed by atoms with E-state index in [1.54, 1.807) is 36.6 Å². The molecule has 168 valence electrons. The lowest BCUT2D eigenvalue weighted by molar-refractivity contribution is -0.116. The van der Waals surface area contributed by atoms with Gasteiger partial charge in [-0.2, -0.15) is 0 Å². The lowest BCUT2D eigenvalue weighted by Crippen LogP contribution is -2.11. The zero-order valence-corrected chi connectivity index (χ0v) is 19.3. The van der Waals surface area contributed by atoms with Crippen LogP contribution in [0.3, 0.4) is 0 Å². The highest BCUT2D eigenvalue weighted by Crippen LogP contribution is 2.27. The van der Waals surface area contributed by atoms with Gasteiger partial charge in [0, 0.05) is 24.2 Å². The Balaban J connectivity index is 1.61. The van der Waals surface area contributed by atoms with Crippen LogP contribution in [-0.2, 0) is 11.3 Å². The molecule has 2 aromatic heterocycles. The SMILES string of the molecule is C=CCn1c(SCC(=O)c2ccc(NC(=O)CCCCC)cc2)nnc1-c1ccoc1C. The number of nitrogens with one attached hydrogen (secondary N) is 1. The third-order valence-corrected chi connectivity index (χ3v) is 5.93. The maximum absolute atomic E-state index is 12.7. The number of allylic oxidation sites excluding steroid dienone is 1. The molecule has 8 heteroatoms. The lowest BCUT2D eigenvalue weighted by Gasteiger charge is -2.08. The third-order valence-electron chi connectivity index (χ3n) is 4.96. The van der Waals surface area contributed by atoms with Crippen molar-refractivity contribution in [3.8, 4) is 11.4 Å². The van der Waals surface area contributed by atoms with Gasteiger partial charge in [0.25, 0.3) is 0 Å². The van der Waals surface area contributed by atoms with Crippen molar-refractivity contribution in [2.75, 3.05) is 11.1 Å². The minimum atomic E-state index is -0.0231. The largest absolute Gasteiger partial charge is 0.469 e. The molecule has 0 fully saturated rings. The van der Waals surface area contributed by atoms with E-state index in [1.807, 2.05) is 17.6 Å². The van der Waals surface area contributed by atoms with Crippen LogP contribution in [0, 0.1) is 6.92 Å². The number of ketones is 1. The maximum Gasteiger partial charge on any atom is 0.224 e. The number of hydrogen-bond donors (Lipinski definition) is 1. The third kappa shape index (κ3) is 5.97. The van der Waals surface area contributed by atoms with Gasteiger partial charge in [0.05, 0.1) is 17.6 Å². The number of rotatable bonds is 12. The van der Waals surface area contributed by atoms with Gasteiger partial charge in [0.15, 0.2) is 16.8 Å². The molecule has 7 nitrogen and oxygen atoms in total. The Hall–Kier alpha value is -3.13. The zero-order valence-electron chi connectivity index (χ0n) is 18.5. The smallest absolute Gasteiger partial charge is 0.224 e. The summed E-state index contributed by atoms with van der Waals surface area (Å²) < 4.78 is 7.30. The molecule has 0 radical (unpaired) electrons. The van der Waals surface area contributed by atoms with Crippen molar-refractivity contribution < 1.29 is 14.0 Å². The van der Waals surface area contributed by atoms with Crippen molar-refractivity contribution in [2.45, 2.75) is 51.2 Å². The van der Waals surface area contributed by atoms with E-state index in [1.165, 1.54) is 11.8 Å². The standard InChI is InChI=1S/C24H28N4O3S/c1-4-6-7-8-22(30)25-19-11-9-18(10-12-19)21(29)16-32-24-27-26-23(28(24)14-5-2)20-13-15-31-17(20)3/h5,9-13,15H,2,4,6-8,14,16H2,1,3H3,(H,25,30). The Labute approximate surface area is 192 Å². The fourth-order valence-corrected chi connectivity index (χ4v) is 4.06. The van der Waals surface area contributed by atoms with Crippen LogP contribution in [0.15, 0.2) is 58.8 Å². The van der Waals surface area contributed by atoms with Gasteiger partial charge in [0.2, 0.25) is 5.91 Å². The average molecular weight is 453 g/mol. The van der Waals surface area contributed by atoms with Crippen molar-refractivity contribution in [3.63, 3.8) is 0 Å². The van der Waals surface area contributed by atoms with Crippen molar-refractivity contribution in [3.05, 3.63) is 60.6 Å². The number of furan rings is 1. The second kappa shape index (κ2) is 11.5. The van der Waals surface area contributed by atoms with Crippen LogP contribution in [0.1, 0.15) is 48.7 Å². The molecule has 0 saturated carbocycles. The molecule has 0 unspecified atom stereocenters. The van der Waals surface area contributed by atoms with Crippen LogP contribution < -0.4 is 5.32 Å². The minimum Gasteiger partial charge on any atom is -0.469 e. The quantitative estimate of drug-likeness (QED) is 0.168. The highest BCUT2D eigenvalue weighted by atomic mass is 32.2. The van der Waals surface area contributed by atoms with Gasteiger partial charge in [-0.1, -0.05) is 37.6 Å². The molecule has 1 amide bonds. The van der Waals surface area contributed by atoms with Crippen LogP contribution in [0.5, 0.6) is 0 Å². The summed E-state index contributed by atoms with van der Waals surface area (Å²) in [6.45, 7) is 8.31. The van der Waals surface area contributed by atoms with Crippen molar-refractivity contribution in [2.24, 2.45) is 0 Å². The number of thioether (sulfide) groups is 1. The topological polar surface area (TPSA) is 90.0 Å². The van der Waals surface area contributed by atoms with E-state index in [4.69, 9.17) is 4.42 Å². The fraction of sp³-hybridized carbons (Fsp3) is 0.333. The maximum atomic E-state index is 12.7. The van der Waals surface area contributed by atoms with Crippen LogP contribution in [0.25, 0.3) is 11.4 Å². The summed E-state index contributed by atoms with van der Waals surface area (Å²) in [5.41, 5.74) is 2.15. The first kappa shape index (κ1) is 23.5. The molecule has 32 heavy (non-hydrogen) atoms. The normalized spacial score (nSPS) is 10.8. The molecule has 1 N–H and O–H groups in total. The summed E-state index contributed by atoms with van der Waals surface area (Å²) in [5, 5.41) is 12.1. The summed E-state index contributed by atoms with van der Waals surface area (Å²) in [4.78, 5) is 24.6. The molecule has 0 saturated heterocycles. The molecule has 0 aliphatic carbocycles. The summed E-state index contributed by atoms with van der Waals surface area (Å²) >= 11 is 1.33. The number of hydrogen-bond acceptors (Lipinski definition) is 6. The summed E-state index contributed by atoms with van der Waals surface area (Å²) in [6.07, 6.45) is 6.90. The average Bonchev–Trinajstić information content (AvgIpc) is 3.38. The number of carbonyl (C=O) groups excluding carboxylic acids is 2. The van der Waals surface area contributed by atoms with Gasteiger partial charge in [-0.3, -0.25) is 14.2 Å². The summed E-state index contributed by atoms with van der Waals surface area (Å²) in [5.74, 6) is 1.64. The first-order chi connectivity index (χ1) is 15.5. The molecule has 0 aliphatic heterocycles. The van der Waals surface area contributed by atoms with Crippen LogP contribution in [0.2, 0.25) is 0 Å². The molecule has 0 aliphatic rings. The number of benzene rings is 1. The van der Waals surface area contributed by atoms with Gasteiger partial charge in [0.1, 0.15) is 5.76 Å². The van der Waals surface area contributed by atoms with E-state index in [0.717, 1.165) is 30.6 Å². The Morgan fingerprint density at radius 2 is 1.97 bits per heavy atom. The second-order valence-corrected chi connectivity index (χ2v) is 8.33. The van der Waals surface area contributed by atoms with Gasteiger partial charge >= 0.3 is 0 Å². The van der Waals surface area contributed by atoms with Crippen LogP contribution >= 0.6 is 11.8 Å². The summed E-state index contributed by atoms with van der Waals surface area (Å²) in [6, 6.07) is 8.84. The molecule has 3 aromatic rings. The number of aryl methyl sites for hydroxylation is 1. The van der Waals surface area contributed by atoms with Gasteiger partial charge in [-0.05, 0) is 43.7 Å². The van der Waals surface area contributed by atoms with E-state index in [2.05, 4.69) is 29.0 Å². The van der Waals surface area contributed by atoms with Crippen molar-refractivity contribution >= 4 is 29.1 Å². The number of carbonyl (C=O) groups is 2. The van der Waals surface area contributed by atoms with E-state index >= 15 is 0 Å². The number of amides is 1. The molecule has 0 spiro atoms. The first-order valence-corrected chi connectivity index (χ1v) is 11.7. The first-order valence-electron chi connectivity index (χ1n) is 10.7. The van der Waals surface area contributed by atoms with Crippen LogP contribution in [-0.4, -0.2) is 32.2 Å². The minimum absolute atomic E-state index is 0.00157. The number of nitrogens with zero attached hydrogens (tertiary/aromatic N) is 3. The molecular formula is C24H28N4O3S. The molecular weight excluding hydrogens is 424 g/mol. The molecule has 1 aromatic carbocycles. The second-order valence-electron chi connectivity index (χ2n) is 7.39. The Morgan fingerprint density at radius 1 is 1.19 bits per heavy atom. The number of aromatic nitrogens is 3. The van der Waals surface area contributed by atoms with Crippen LogP contribution in [0.4, 0.5) is 5.69 Å². The monoisotopic (exact) mass is 452 g/mol. The highest BCUT2D eigenvalue weighted by molar-refractivity contribution is 7.99. The van der Waals surface area contributed by atoms with E-state index in [-0.39, 0.29) is 17.4 Å². The van der Waals surface area contributed by atoms with E-state index in [0.29, 0.717) is 35.2 Å². The molecule has 0 bridgehead atoms. The van der Waals surface area contributed by atoms with E-state index < -0.39 is 0 Å². The van der Waals surface area contributed by atoms with Crippen molar-refractivity contribution in [1.82, 2.24) is 14.8 Å². The van der Waals surface area contributed by atoms with Gasteiger partial charge in [-0.15, -0.1) is 16.8 Å². The highest BCUT2D eigenvalue weighted by Gasteiger charge is 2.18. The fourth-order valence-electron chi connectivity index (χ4n) is 3.22.